The van der Waals surface area contributed by atoms with Crippen molar-refractivity contribution in [3.8, 4) is 0 Å². The van der Waals surface area contributed by atoms with Gasteiger partial charge >= 0.3 is 0 Å². The van der Waals surface area contributed by atoms with Crippen LogP contribution in [0.25, 0.3) is 11.0 Å². The lowest BCUT2D eigenvalue weighted by molar-refractivity contribution is 1.16. The summed E-state index contributed by atoms with van der Waals surface area (Å²) in [7, 11) is 0. The molecule has 3 N–H and O–H groups in total. The fraction of sp³-hybridized carbons (Fsp3) is 0.150. The number of H-pyrrole nitrogens is 1. The summed E-state index contributed by atoms with van der Waals surface area (Å²) >= 11 is 0. The molecule has 0 radical (unpaired) electrons. The van der Waals surface area contributed by atoms with Crippen LogP contribution in [0, 0.1) is 20.8 Å². The second-order valence-electron chi connectivity index (χ2n) is 6.45. The smallest absolute Gasteiger partial charge is 0.227 e. The van der Waals surface area contributed by atoms with Crippen LogP contribution < -0.4 is 10.6 Å². The number of aromatic nitrogens is 4. The lowest BCUT2D eigenvalue weighted by atomic mass is 10.1. The molecule has 0 fully saturated rings. The highest BCUT2D eigenvalue weighted by Gasteiger charge is 2.06. The predicted octanol–water partition coefficient (Wildman–Crippen LogP) is 4.77. The average molecular weight is 344 g/mol. The molecule has 0 bridgehead atoms. The summed E-state index contributed by atoms with van der Waals surface area (Å²) in [5, 5.41) is 6.62. The third kappa shape index (κ3) is 3.21. The highest BCUT2D eigenvalue weighted by Crippen LogP contribution is 2.26. The van der Waals surface area contributed by atoms with Crippen molar-refractivity contribution < 1.29 is 0 Å². The predicted molar refractivity (Wildman–Crippen MR) is 105 cm³/mol. The van der Waals surface area contributed by atoms with Crippen molar-refractivity contribution >= 4 is 34.0 Å². The number of benzene rings is 2. The van der Waals surface area contributed by atoms with Crippen LogP contribution in [0.1, 0.15) is 16.7 Å². The number of nitrogens with zero attached hydrogens (tertiary/aromatic N) is 3. The molecule has 0 atom stereocenters. The molecule has 2 aromatic heterocycles. The highest BCUT2D eigenvalue weighted by atomic mass is 15.1. The van der Waals surface area contributed by atoms with E-state index in [4.69, 9.17) is 0 Å². The summed E-state index contributed by atoms with van der Waals surface area (Å²) in [6.07, 6.45) is 5.24. The first-order valence-electron chi connectivity index (χ1n) is 8.45. The monoisotopic (exact) mass is 344 g/mol. The standard InChI is InChI=1S/C20H20N6/c1-12-6-13(2)19(14(3)7-12)25-16-9-21-20(22-10-16)26-15-4-5-17-18(8-15)24-11-23-17/h4-11,25H,1-3H3,(H,23,24)(H,21,22,26). The Balaban J connectivity index is 1.51. The van der Waals surface area contributed by atoms with E-state index in [-0.39, 0.29) is 0 Å². The molecule has 0 aliphatic rings. The largest absolute Gasteiger partial charge is 0.353 e. The summed E-state index contributed by atoms with van der Waals surface area (Å²) in [5.74, 6) is 0.548. The van der Waals surface area contributed by atoms with E-state index >= 15 is 0 Å². The minimum atomic E-state index is 0.548. The van der Waals surface area contributed by atoms with Crippen molar-refractivity contribution in [2.45, 2.75) is 20.8 Å². The second kappa shape index (κ2) is 6.48. The van der Waals surface area contributed by atoms with Gasteiger partial charge in [-0.05, 0) is 50.1 Å². The topological polar surface area (TPSA) is 78.5 Å². The number of imidazole rings is 1. The minimum absolute atomic E-state index is 0.548. The molecular weight excluding hydrogens is 324 g/mol. The maximum Gasteiger partial charge on any atom is 0.227 e. The van der Waals surface area contributed by atoms with Gasteiger partial charge in [-0.15, -0.1) is 0 Å². The van der Waals surface area contributed by atoms with Crippen molar-refractivity contribution in [2.24, 2.45) is 0 Å². The molecule has 6 nitrogen and oxygen atoms in total. The molecule has 130 valence electrons. The third-order valence-electron chi connectivity index (χ3n) is 4.27. The maximum atomic E-state index is 4.40. The van der Waals surface area contributed by atoms with Crippen LogP contribution in [0.5, 0.6) is 0 Å². The van der Waals surface area contributed by atoms with E-state index in [2.05, 4.69) is 63.5 Å². The molecule has 2 heterocycles. The Hall–Kier alpha value is -3.41. The quantitative estimate of drug-likeness (QED) is 0.497. The molecule has 0 unspecified atom stereocenters. The molecule has 6 heteroatoms. The Morgan fingerprint density at radius 1 is 0.808 bits per heavy atom. The molecule has 0 aliphatic carbocycles. The van der Waals surface area contributed by atoms with Gasteiger partial charge in [0.15, 0.2) is 0 Å². The first-order valence-corrected chi connectivity index (χ1v) is 8.45. The Morgan fingerprint density at radius 2 is 1.54 bits per heavy atom. The zero-order valence-electron chi connectivity index (χ0n) is 15.0. The van der Waals surface area contributed by atoms with Crippen LogP contribution in [-0.2, 0) is 0 Å². The van der Waals surface area contributed by atoms with Gasteiger partial charge in [-0.1, -0.05) is 17.7 Å². The van der Waals surface area contributed by atoms with Crippen LogP contribution in [0.15, 0.2) is 49.1 Å². The first-order chi connectivity index (χ1) is 12.6. The Labute approximate surface area is 151 Å². The molecule has 4 aromatic rings. The first kappa shape index (κ1) is 16.1. The van der Waals surface area contributed by atoms with Crippen LogP contribution in [0.2, 0.25) is 0 Å². The van der Waals surface area contributed by atoms with Gasteiger partial charge in [0.25, 0.3) is 0 Å². The number of anilines is 4. The van der Waals surface area contributed by atoms with Gasteiger partial charge in [0.1, 0.15) is 0 Å². The number of hydrogen-bond acceptors (Lipinski definition) is 5. The highest BCUT2D eigenvalue weighted by molar-refractivity contribution is 5.79. The van der Waals surface area contributed by atoms with Gasteiger partial charge in [-0.25, -0.2) is 15.0 Å². The Bertz CT molecular complexity index is 1040. The normalized spacial score (nSPS) is 10.9. The Morgan fingerprint density at radius 3 is 2.27 bits per heavy atom. The molecule has 26 heavy (non-hydrogen) atoms. The molecule has 0 amide bonds. The van der Waals surface area contributed by atoms with Crippen LogP contribution in [0.4, 0.5) is 23.0 Å². The van der Waals surface area contributed by atoms with Crippen LogP contribution in [-0.4, -0.2) is 19.9 Å². The van der Waals surface area contributed by atoms with Crippen molar-refractivity contribution in [1.29, 1.82) is 0 Å². The van der Waals surface area contributed by atoms with Gasteiger partial charge in [0, 0.05) is 11.4 Å². The lowest BCUT2D eigenvalue weighted by Crippen LogP contribution is -2.01. The molecule has 2 aromatic carbocycles. The summed E-state index contributed by atoms with van der Waals surface area (Å²) < 4.78 is 0. The number of aryl methyl sites for hydroxylation is 3. The maximum absolute atomic E-state index is 4.40. The zero-order chi connectivity index (χ0) is 18.1. The van der Waals surface area contributed by atoms with Crippen LogP contribution in [0.3, 0.4) is 0 Å². The van der Waals surface area contributed by atoms with Crippen molar-refractivity contribution in [3.63, 3.8) is 0 Å². The molecule has 4 rings (SSSR count). The van der Waals surface area contributed by atoms with Crippen molar-refractivity contribution in [1.82, 2.24) is 19.9 Å². The summed E-state index contributed by atoms with van der Waals surface area (Å²) in [6, 6.07) is 10.2. The SMILES string of the molecule is Cc1cc(C)c(Nc2cnc(Nc3ccc4nc[nH]c4c3)nc2)c(C)c1. The van der Waals surface area contributed by atoms with E-state index in [9.17, 15) is 0 Å². The van der Waals surface area contributed by atoms with Gasteiger partial charge < -0.3 is 15.6 Å². The minimum Gasteiger partial charge on any atom is -0.353 e. The van der Waals surface area contributed by atoms with Crippen molar-refractivity contribution in [3.05, 3.63) is 65.7 Å². The number of fused-ring (bicyclic) bond motifs is 1. The number of aromatic amines is 1. The lowest BCUT2D eigenvalue weighted by Gasteiger charge is -2.13. The average Bonchev–Trinajstić information content (AvgIpc) is 3.07. The van der Waals surface area contributed by atoms with E-state index in [0.29, 0.717) is 5.95 Å². The van der Waals surface area contributed by atoms with Crippen molar-refractivity contribution in [2.75, 3.05) is 10.6 Å². The molecule has 0 aliphatic heterocycles. The summed E-state index contributed by atoms with van der Waals surface area (Å²) in [4.78, 5) is 16.1. The third-order valence-corrected chi connectivity index (χ3v) is 4.27. The van der Waals surface area contributed by atoms with E-state index in [1.165, 1.54) is 16.7 Å². The van der Waals surface area contributed by atoms with Gasteiger partial charge in [0.2, 0.25) is 5.95 Å². The van der Waals surface area contributed by atoms with Crippen LogP contribution >= 0.6 is 0 Å². The van der Waals surface area contributed by atoms with E-state index in [1.54, 1.807) is 18.7 Å². The van der Waals surface area contributed by atoms with E-state index in [1.807, 2.05) is 18.2 Å². The number of rotatable bonds is 4. The summed E-state index contributed by atoms with van der Waals surface area (Å²) in [6.45, 7) is 6.31. The molecule has 0 saturated heterocycles. The molecule has 0 saturated carbocycles. The van der Waals surface area contributed by atoms with Gasteiger partial charge in [-0.2, -0.15) is 0 Å². The number of hydrogen-bond donors (Lipinski definition) is 3. The fourth-order valence-electron chi connectivity index (χ4n) is 3.12. The van der Waals surface area contributed by atoms with E-state index in [0.717, 1.165) is 28.1 Å². The second-order valence-corrected chi connectivity index (χ2v) is 6.45. The summed E-state index contributed by atoms with van der Waals surface area (Å²) in [5.41, 5.74) is 8.44. The number of nitrogens with one attached hydrogen (secondary N) is 3. The fourth-order valence-corrected chi connectivity index (χ4v) is 3.12. The zero-order valence-corrected chi connectivity index (χ0v) is 15.0. The van der Waals surface area contributed by atoms with Gasteiger partial charge in [0.05, 0.1) is 35.4 Å². The van der Waals surface area contributed by atoms with E-state index < -0.39 is 0 Å². The van der Waals surface area contributed by atoms with Gasteiger partial charge in [-0.3, -0.25) is 0 Å². The molecular formula is C20H20N6. The molecule has 0 spiro atoms. The Kier molecular flexibility index (Phi) is 4.01.